The van der Waals surface area contributed by atoms with Crippen molar-refractivity contribution in [2.75, 3.05) is 6.54 Å². The van der Waals surface area contributed by atoms with Crippen molar-refractivity contribution in [2.24, 2.45) is 0 Å². The summed E-state index contributed by atoms with van der Waals surface area (Å²) in [6.45, 7) is 3.22. The van der Waals surface area contributed by atoms with E-state index in [0.717, 1.165) is 5.76 Å². The Hall–Kier alpha value is -0.760. The first-order valence-electron chi connectivity index (χ1n) is 5.62. The fourth-order valence-electron chi connectivity index (χ4n) is 2.76. The second-order valence-corrected chi connectivity index (χ2v) is 4.72. The van der Waals surface area contributed by atoms with Crippen LogP contribution in [0.25, 0.3) is 0 Å². The van der Waals surface area contributed by atoms with Gasteiger partial charge in [-0.05, 0) is 51.3 Å². The molecule has 1 aliphatic carbocycles. The van der Waals surface area contributed by atoms with Crippen molar-refractivity contribution in [3.8, 4) is 0 Å². The zero-order chi connectivity index (χ0) is 9.60. The van der Waals surface area contributed by atoms with Gasteiger partial charge in [-0.3, -0.25) is 0 Å². The number of aryl methyl sites for hydroxylation is 1. The topological polar surface area (TPSA) is 25.2 Å². The lowest BCUT2D eigenvalue weighted by Gasteiger charge is -2.20. The summed E-state index contributed by atoms with van der Waals surface area (Å²) in [4.78, 5) is 0. The molecule has 2 heterocycles. The molecule has 2 heteroatoms. The van der Waals surface area contributed by atoms with Crippen LogP contribution < -0.4 is 5.32 Å². The van der Waals surface area contributed by atoms with Crippen molar-refractivity contribution in [1.29, 1.82) is 0 Å². The lowest BCUT2D eigenvalue weighted by Crippen LogP contribution is -2.34. The van der Waals surface area contributed by atoms with E-state index >= 15 is 0 Å². The molecule has 1 aliphatic heterocycles. The Kier molecular flexibility index (Phi) is 1.75. The van der Waals surface area contributed by atoms with Gasteiger partial charge >= 0.3 is 0 Å². The van der Waals surface area contributed by atoms with Crippen LogP contribution in [-0.4, -0.2) is 12.6 Å². The van der Waals surface area contributed by atoms with E-state index in [-0.39, 0.29) is 0 Å². The number of hydrogen-bond donors (Lipinski definition) is 1. The Morgan fingerprint density at radius 3 is 2.79 bits per heavy atom. The highest BCUT2D eigenvalue weighted by Crippen LogP contribution is 2.53. The predicted octanol–water partition coefficient (Wildman–Crippen LogP) is 2.37. The monoisotopic (exact) mass is 191 g/mol. The third-order valence-corrected chi connectivity index (χ3v) is 3.75. The Labute approximate surface area is 84.7 Å². The fraction of sp³-hybridized carbons (Fsp3) is 0.667. The van der Waals surface area contributed by atoms with E-state index in [9.17, 15) is 0 Å². The number of furan rings is 1. The molecule has 0 aromatic carbocycles. The molecular formula is C12H17NO. The summed E-state index contributed by atoms with van der Waals surface area (Å²) in [6.07, 6.45) is 5.25. The van der Waals surface area contributed by atoms with Crippen LogP contribution in [0.1, 0.15) is 37.2 Å². The van der Waals surface area contributed by atoms with Gasteiger partial charge in [0.05, 0.1) is 0 Å². The van der Waals surface area contributed by atoms with E-state index in [1.165, 1.54) is 38.0 Å². The van der Waals surface area contributed by atoms with Gasteiger partial charge in [0, 0.05) is 11.5 Å². The maximum atomic E-state index is 5.78. The summed E-state index contributed by atoms with van der Waals surface area (Å²) < 4.78 is 5.78. The number of hydrogen-bond acceptors (Lipinski definition) is 2. The van der Waals surface area contributed by atoms with Crippen LogP contribution in [0.2, 0.25) is 0 Å². The van der Waals surface area contributed by atoms with Gasteiger partial charge in [0.2, 0.25) is 0 Å². The average molecular weight is 191 g/mol. The molecule has 1 aromatic rings. The largest absolute Gasteiger partial charge is 0.466 e. The molecule has 0 bridgehead atoms. The maximum Gasteiger partial charge on any atom is 0.111 e. The van der Waals surface area contributed by atoms with Crippen molar-refractivity contribution in [2.45, 2.75) is 44.1 Å². The molecule has 1 N–H and O–H groups in total. The molecule has 2 nitrogen and oxygen atoms in total. The fourth-order valence-corrected chi connectivity index (χ4v) is 2.76. The normalized spacial score (nSPS) is 29.4. The van der Waals surface area contributed by atoms with Crippen molar-refractivity contribution in [3.63, 3.8) is 0 Å². The molecule has 14 heavy (non-hydrogen) atoms. The van der Waals surface area contributed by atoms with Crippen LogP contribution in [0.5, 0.6) is 0 Å². The predicted molar refractivity (Wildman–Crippen MR) is 55.4 cm³/mol. The van der Waals surface area contributed by atoms with Gasteiger partial charge in [-0.25, -0.2) is 0 Å². The highest BCUT2D eigenvalue weighted by Gasteiger charge is 2.53. The molecule has 2 aliphatic rings. The molecule has 1 atom stereocenters. The van der Waals surface area contributed by atoms with Crippen molar-refractivity contribution < 1.29 is 4.42 Å². The van der Waals surface area contributed by atoms with Gasteiger partial charge in [0.1, 0.15) is 11.5 Å². The summed E-state index contributed by atoms with van der Waals surface area (Å²) in [5.41, 5.74) is 0.366. The first-order chi connectivity index (χ1) is 6.81. The summed E-state index contributed by atoms with van der Waals surface area (Å²) in [7, 11) is 0. The Morgan fingerprint density at radius 1 is 1.43 bits per heavy atom. The minimum absolute atomic E-state index is 0.366. The maximum absolute atomic E-state index is 5.78. The third-order valence-electron chi connectivity index (χ3n) is 3.75. The van der Waals surface area contributed by atoms with Crippen LogP contribution in [0.4, 0.5) is 0 Å². The van der Waals surface area contributed by atoms with Gasteiger partial charge in [0.25, 0.3) is 0 Å². The number of nitrogens with one attached hydrogen (secondary N) is 1. The molecule has 0 spiro atoms. The van der Waals surface area contributed by atoms with E-state index in [0.29, 0.717) is 11.5 Å². The van der Waals surface area contributed by atoms with Crippen LogP contribution in [-0.2, 0) is 5.41 Å². The lowest BCUT2D eigenvalue weighted by atomic mass is 9.92. The second kappa shape index (κ2) is 2.86. The summed E-state index contributed by atoms with van der Waals surface area (Å²) in [6, 6.07) is 4.93. The van der Waals surface area contributed by atoms with Crippen molar-refractivity contribution in [1.82, 2.24) is 5.32 Å². The minimum Gasteiger partial charge on any atom is -0.466 e. The standard InChI is InChI=1S/C12H17NO/c1-9-4-5-11(14-9)12(6-7-12)10-3-2-8-13-10/h4-5,10,13H,2-3,6-8H2,1H3. The molecule has 0 amide bonds. The Morgan fingerprint density at radius 2 is 2.29 bits per heavy atom. The summed E-state index contributed by atoms with van der Waals surface area (Å²) in [5.74, 6) is 2.26. The number of rotatable bonds is 2. The molecule has 1 unspecified atom stereocenters. The second-order valence-electron chi connectivity index (χ2n) is 4.72. The van der Waals surface area contributed by atoms with Gasteiger partial charge < -0.3 is 9.73 Å². The first kappa shape index (κ1) is 8.54. The van der Waals surface area contributed by atoms with Gasteiger partial charge in [-0.15, -0.1) is 0 Å². The van der Waals surface area contributed by atoms with E-state index in [1.54, 1.807) is 0 Å². The van der Waals surface area contributed by atoms with Crippen LogP contribution >= 0.6 is 0 Å². The van der Waals surface area contributed by atoms with Gasteiger partial charge in [-0.1, -0.05) is 0 Å². The minimum atomic E-state index is 0.366. The van der Waals surface area contributed by atoms with Crippen LogP contribution in [0.15, 0.2) is 16.5 Å². The summed E-state index contributed by atoms with van der Waals surface area (Å²) in [5, 5.41) is 3.61. The molecule has 0 radical (unpaired) electrons. The molecular weight excluding hydrogens is 174 g/mol. The molecule has 1 aromatic heterocycles. The molecule has 1 saturated heterocycles. The Balaban J connectivity index is 1.89. The summed E-state index contributed by atoms with van der Waals surface area (Å²) >= 11 is 0. The average Bonchev–Trinajstić information content (AvgIpc) is 2.68. The van der Waals surface area contributed by atoms with E-state index in [4.69, 9.17) is 4.42 Å². The highest BCUT2D eigenvalue weighted by molar-refractivity contribution is 5.28. The van der Waals surface area contributed by atoms with Gasteiger partial charge in [0.15, 0.2) is 0 Å². The lowest BCUT2D eigenvalue weighted by molar-refractivity contribution is 0.371. The SMILES string of the molecule is Cc1ccc(C2(C3CCCN3)CC2)o1. The Bertz CT molecular complexity index is 332. The van der Waals surface area contributed by atoms with Crippen molar-refractivity contribution >= 4 is 0 Å². The zero-order valence-electron chi connectivity index (χ0n) is 8.68. The van der Waals surface area contributed by atoms with Crippen LogP contribution in [0, 0.1) is 6.92 Å². The van der Waals surface area contributed by atoms with Gasteiger partial charge in [-0.2, -0.15) is 0 Å². The molecule has 2 fully saturated rings. The quantitative estimate of drug-likeness (QED) is 0.776. The first-order valence-corrected chi connectivity index (χ1v) is 5.62. The highest BCUT2D eigenvalue weighted by atomic mass is 16.3. The zero-order valence-corrected chi connectivity index (χ0v) is 8.68. The van der Waals surface area contributed by atoms with Crippen molar-refractivity contribution in [3.05, 3.63) is 23.7 Å². The van der Waals surface area contributed by atoms with E-state index in [1.807, 2.05) is 6.92 Å². The third kappa shape index (κ3) is 1.13. The van der Waals surface area contributed by atoms with Crippen LogP contribution in [0.3, 0.4) is 0 Å². The van der Waals surface area contributed by atoms with E-state index in [2.05, 4.69) is 17.4 Å². The molecule has 1 saturated carbocycles. The smallest absolute Gasteiger partial charge is 0.111 e. The molecule has 76 valence electrons. The van der Waals surface area contributed by atoms with E-state index < -0.39 is 0 Å². The molecule has 3 rings (SSSR count).